The first kappa shape index (κ1) is 17.2. The molecule has 0 aliphatic heterocycles. The number of amides is 1. The topological polar surface area (TPSA) is 29.1 Å². The van der Waals surface area contributed by atoms with Gasteiger partial charge in [-0.05, 0) is 0 Å². The first-order valence-electron chi connectivity index (χ1n) is 2.51. The van der Waals surface area contributed by atoms with E-state index < -0.39 is 0 Å². The normalized spacial score (nSPS) is 6.90. The van der Waals surface area contributed by atoms with Crippen molar-refractivity contribution >= 4 is 17.9 Å². The Morgan fingerprint density at radius 2 is 2.00 bits per heavy atom. The molecule has 0 fully saturated rings. The van der Waals surface area contributed by atoms with Crippen molar-refractivity contribution in [2.75, 3.05) is 6.54 Å². The molecule has 0 aromatic carbocycles. The van der Waals surface area contributed by atoms with Crippen LogP contribution in [-0.4, -0.2) is 11.8 Å². The number of rotatable bonds is 3. The third-order valence-electron chi connectivity index (χ3n) is 0.696. The Morgan fingerprint density at radius 3 is 2.30 bits per heavy atom. The molecular formula is C5H9NOSW2-2. The van der Waals surface area contributed by atoms with Crippen LogP contribution in [0.4, 0.5) is 4.79 Å². The molecule has 0 saturated heterocycles. The predicted octanol–water partition coefficient (Wildman–Crippen LogP) is 0.852. The Hall–Kier alpha value is 1.07. The zero-order valence-electron chi connectivity index (χ0n) is 5.46. The number of nitrogens with one attached hydrogen (secondary N) is 1. The van der Waals surface area contributed by atoms with E-state index in [4.69, 9.17) is 0 Å². The summed E-state index contributed by atoms with van der Waals surface area (Å²) in [5.74, 6) is 0. The molecule has 0 heterocycles. The van der Waals surface area contributed by atoms with Gasteiger partial charge in [0.25, 0.3) is 0 Å². The zero-order valence-corrected chi connectivity index (χ0v) is 12.1. The molecule has 0 unspecified atom stereocenters. The molecule has 0 bridgehead atoms. The second-order valence-electron chi connectivity index (χ2n) is 1.42. The van der Waals surface area contributed by atoms with Crippen LogP contribution in [0.2, 0.25) is 0 Å². The van der Waals surface area contributed by atoms with Gasteiger partial charge in [-0.25, -0.2) is 0 Å². The van der Waals surface area contributed by atoms with E-state index in [1.807, 2.05) is 0 Å². The summed E-state index contributed by atoms with van der Waals surface area (Å²) >= 11 is 4.22. The molecule has 0 spiro atoms. The van der Waals surface area contributed by atoms with Crippen molar-refractivity contribution in [3.8, 4) is 0 Å². The number of carbonyl (C=O) groups is 1. The van der Waals surface area contributed by atoms with Crippen molar-refractivity contribution in [1.82, 2.24) is 5.32 Å². The number of carbonyl (C=O) groups excluding carboxylic acids is 1. The average Bonchev–Trinajstić information content (AvgIpc) is 1.66. The van der Waals surface area contributed by atoms with E-state index in [9.17, 15) is 4.79 Å². The monoisotopic (exact) mass is 499 g/mol. The summed E-state index contributed by atoms with van der Waals surface area (Å²) in [5, 5.41) is 2.11. The van der Waals surface area contributed by atoms with Crippen molar-refractivity contribution in [3.05, 3.63) is 6.92 Å². The van der Waals surface area contributed by atoms with Crippen molar-refractivity contribution in [3.63, 3.8) is 0 Å². The summed E-state index contributed by atoms with van der Waals surface area (Å²) in [5.41, 5.74) is 0. The molecule has 10 heavy (non-hydrogen) atoms. The Morgan fingerprint density at radius 1 is 1.50 bits per heavy atom. The quantitative estimate of drug-likeness (QED) is 0.355. The SMILES string of the molecule is [CH2-]CCCNC(=O)[S-].[W].[W]. The van der Waals surface area contributed by atoms with Gasteiger partial charge < -0.3 is 29.7 Å². The van der Waals surface area contributed by atoms with Crippen LogP contribution >= 0.6 is 0 Å². The van der Waals surface area contributed by atoms with Gasteiger partial charge in [0.15, 0.2) is 0 Å². The fourth-order valence-electron chi connectivity index (χ4n) is 0.315. The van der Waals surface area contributed by atoms with Gasteiger partial charge in [-0.1, -0.05) is 6.42 Å². The number of hydrogen-bond donors (Lipinski definition) is 1. The Labute approximate surface area is 95.8 Å². The van der Waals surface area contributed by atoms with Gasteiger partial charge in [0.2, 0.25) is 0 Å². The maximum atomic E-state index is 10.0. The molecule has 1 N–H and O–H groups in total. The summed E-state index contributed by atoms with van der Waals surface area (Å²) in [6, 6.07) is 0. The first-order valence-corrected chi connectivity index (χ1v) is 2.92. The van der Waals surface area contributed by atoms with Gasteiger partial charge in [0.05, 0.1) is 5.24 Å². The summed E-state index contributed by atoms with van der Waals surface area (Å²) in [6.45, 7) is 4.26. The van der Waals surface area contributed by atoms with Crippen LogP contribution in [0.5, 0.6) is 0 Å². The van der Waals surface area contributed by atoms with Crippen LogP contribution in [0.1, 0.15) is 12.8 Å². The summed E-state index contributed by atoms with van der Waals surface area (Å²) < 4.78 is 0. The van der Waals surface area contributed by atoms with Gasteiger partial charge in [0, 0.05) is 48.7 Å². The number of hydrogen-bond acceptors (Lipinski definition) is 2. The van der Waals surface area contributed by atoms with Crippen LogP contribution in [0, 0.1) is 6.92 Å². The molecule has 0 aromatic rings. The zero-order chi connectivity index (χ0) is 6.41. The van der Waals surface area contributed by atoms with E-state index in [0.717, 1.165) is 12.8 Å². The minimum atomic E-state index is -0.376. The molecule has 2 nitrogen and oxygen atoms in total. The molecule has 0 aromatic heterocycles. The van der Waals surface area contributed by atoms with E-state index in [1.165, 1.54) is 0 Å². The Kier molecular flexibility index (Phi) is 21.9. The van der Waals surface area contributed by atoms with Gasteiger partial charge in [-0.2, -0.15) is 6.42 Å². The minimum Gasteiger partial charge on any atom is -0.719 e. The van der Waals surface area contributed by atoms with Crippen LogP contribution in [0.25, 0.3) is 0 Å². The predicted molar refractivity (Wildman–Crippen MR) is 35.4 cm³/mol. The molecule has 0 aliphatic rings. The minimum absolute atomic E-state index is 0. The van der Waals surface area contributed by atoms with Gasteiger partial charge in [-0.15, -0.1) is 0 Å². The number of unbranched alkanes of at least 4 members (excludes halogenated alkanes) is 1. The van der Waals surface area contributed by atoms with E-state index in [-0.39, 0.29) is 47.4 Å². The smallest absolute Gasteiger partial charge is 0.0980 e. The second-order valence-corrected chi connectivity index (χ2v) is 1.79. The van der Waals surface area contributed by atoms with Gasteiger partial charge in [-0.3, -0.25) is 0 Å². The first-order chi connectivity index (χ1) is 3.77. The molecule has 1 amide bonds. The van der Waals surface area contributed by atoms with Crippen molar-refractivity contribution in [2.45, 2.75) is 12.8 Å². The van der Waals surface area contributed by atoms with Crippen LogP contribution in [0.15, 0.2) is 0 Å². The Balaban J connectivity index is -0.000000245. The van der Waals surface area contributed by atoms with Gasteiger partial charge in [0.1, 0.15) is 0 Å². The molecule has 0 aliphatic carbocycles. The van der Waals surface area contributed by atoms with Gasteiger partial charge >= 0.3 is 0 Å². The fraction of sp³-hybridized carbons (Fsp3) is 0.600. The summed E-state index contributed by atoms with van der Waals surface area (Å²) in [4.78, 5) is 10.0. The van der Waals surface area contributed by atoms with Crippen LogP contribution in [-0.2, 0) is 54.8 Å². The van der Waals surface area contributed by atoms with E-state index >= 15 is 0 Å². The van der Waals surface area contributed by atoms with E-state index in [0.29, 0.717) is 6.54 Å². The van der Waals surface area contributed by atoms with Crippen molar-refractivity contribution in [2.24, 2.45) is 0 Å². The maximum Gasteiger partial charge on any atom is 0.0980 e. The Bertz CT molecular complexity index is 82.0. The third kappa shape index (κ3) is 16.0. The molecule has 60 valence electrons. The molecule has 0 atom stereocenters. The van der Waals surface area contributed by atoms with E-state index in [2.05, 4.69) is 24.9 Å². The van der Waals surface area contributed by atoms with Crippen LogP contribution in [0.3, 0.4) is 0 Å². The van der Waals surface area contributed by atoms with Crippen molar-refractivity contribution < 1.29 is 46.9 Å². The maximum absolute atomic E-state index is 10.0. The van der Waals surface area contributed by atoms with Crippen LogP contribution < -0.4 is 5.32 Å². The molecule has 0 radical (unpaired) electrons. The average molecular weight is 499 g/mol. The molecule has 0 rings (SSSR count). The summed E-state index contributed by atoms with van der Waals surface area (Å²) in [6.07, 6.45) is 1.75. The summed E-state index contributed by atoms with van der Waals surface area (Å²) in [7, 11) is 0. The molecule has 0 saturated carbocycles. The standard InChI is InChI=1S/C5H10NOS.2W/c1-2-3-4-6-5(7)8;;/h1-4H2,(H2,6,7,8);;/q-1;;/p-1. The van der Waals surface area contributed by atoms with Crippen molar-refractivity contribution in [1.29, 1.82) is 0 Å². The van der Waals surface area contributed by atoms with E-state index in [1.54, 1.807) is 0 Å². The molecule has 5 heteroatoms. The largest absolute Gasteiger partial charge is 0.719 e. The fourth-order valence-corrected chi connectivity index (χ4v) is 0.418. The second kappa shape index (κ2) is 12.7. The molecular weight excluding hydrogens is 490 g/mol. The third-order valence-corrected chi connectivity index (χ3v) is 0.840.